The molecule has 0 aromatic heterocycles. The van der Waals surface area contributed by atoms with Crippen molar-refractivity contribution in [3.63, 3.8) is 0 Å². The first-order chi connectivity index (χ1) is 13.4. The van der Waals surface area contributed by atoms with Gasteiger partial charge >= 0.3 is 12.1 Å². The summed E-state index contributed by atoms with van der Waals surface area (Å²) in [6.07, 6.45) is 1.56. The molecule has 0 aliphatic carbocycles. The third kappa shape index (κ3) is 5.12. The zero-order chi connectivity index (χ0) is 20.7. The van der Waals surface area contributed by atoms with Crippen LogP contribution in [0.1, 0.15) is 54.2 Å². The molecule has 0 aliphatic rings. The minimum Gasteiger partial charge on any atom is -0.449 e. The molecule has 5 heteroatoms. The fourth-order valence-corrected chi connectivity index (χ4v) is 3.11. The molecule has 2 aromatic carbocycles. The van der Waals surface area contributed by atoms with Gasteiger partial charge in [-0.25, -0.2) is 9.59 Å². The third-order valence-electron chi connectivity index (χ3n) is 4.42. The lowest BCUT2D eigenvalue weighted by atomic mass is 10.1. The van der Waals surface area contributed by atoms with Crippen LogP contribution in [0.4, 0.5) is 10.5 Å². The second kappa shape index (κ2) is 9.93. The molecule has 0 atom stereocenters. The molecule has 0 unspecified atom stereocenters. The maximum absolute atomic E-state index is 12.7. The van der Waals surface area contributed by atoms with Gasteiger partial charge in [0.1, 0.15) is 0 Å². The largest absolute Gasteiger partial charge is 0.449 e. The van der Waals surface area contributed by atoms with Crippen molar-refractivity contribution in [2.24, 2.45) is 0 Å². The van der Waals surface area contributed by atoms with E-state index in [1.54, 1.807) is 19.1 Å². The number of carbonyl (C=O) groups is 2. The van der Waals surface area contributed by atoms with Gasteiger partial charge in [-0.3, -0.25) is 4.90 Å². The number of hydrogen-bond donors (Lipinski definition) is 0. The Balaban J connectivity index is 2.36. The molecule has 0 heterocycles. The Bertz CT molecular complexity index is 827. The molecular formula is C23H29NO4. The molecule has 0 bridgehead atoms. The fraction of sp³-hybridized carbons (Fsp3) is 0.391. The molecule has 0 spiro atoms. The van der Waals surface area contributed by atoms with Gasteiger partial charge in [0.25, 0.3) is 0 Å². The van der Waals surface area contributed by atoms with Gasteiger partial charge in [0.2, 0.25) is 0 Å². The minimum absolute atomic E-state index is 0.277. The standard InChI is InChI=1S/C23H29NO4/c1-6-9-18-10-12-19(13-11-18)22(25)28-21-17(5)14-16(4)15-20(21)24(7-2)23(26)27-8-3/h10-15H,6-9H2,1-5H3. The number of benzene rings is 2. The van der Waals surface area contributed by atoms with Gasteiger partial charge in [0.05, 0.1) is 17.9 Å². The summed E-state index contributed by atoms with van der Waals surface area (Å²) in [6.45, 7) is 10.2. The molecule has 0 saturated heterocycles. The van der Waals surface area contributed by atoms with E-state index in [1.807, 2.05) is 45.0 Å². The van der Waals surface area contributed by atoms with Crippen molar-refractivity contribution < 1.29 is 19.1 Å². The van der Waals surface area contributed by atoms with Gasteiger partial charge < -0.3 is 9.47 Å². The van der Waals surface area contributed by atoms with Gasteiger partial charge in [0, 0.05) is 6.54 Å². The first-order valence-corrected chi connectivity index (χ1v) is 9.77. The number of anilines is 1. The van der Waals surface area contributed by atoms with Gasteiger partial charge in [-0.15, -0.1) is 0 Å². The smallest absolute Gasteiger partial charge is 0.414 e. The van der Waals surface area contributed by atoms with E-state index in [-0.39, 0.29) is 6.61 Å². The van der Waals surface area contributed by atoms with Crippen molar-refractivity contribution in [3.05, 3.63) is 58.7 Å². The summed E-state index contributed by atoms with van der Waals surface area (Å²) < 4.78 is 10.9. The average molecular weight is 383 g/mol. The highest BCUT2D eigenvalue weighted by atomic mass is 16.6. The van der Waals surface area contributed by atoms with Gasteiger partial charge in [-0.2, -0.15) is 0 Å². The van der Waals surface area contributed by atoms with Crippen LogP contribution in [0, 0.1) is 13.8 Å². The lowest BCUT2D eigenvalue weighted by Gasteiger charge is -2.24. The number of esters is 1. The lowest BCUT2D eigenvalue weighted by Crippen LogP contribution is -2.32. The van der Waals surface area contributed by atoms with Crippen molar-refractivity contribution in [2.45, 2.75) is 47.5 Å². The topological polar surface area (TPSA) is 55.8 Å². The van der Waals surface area contributed by atoms with E-state index in [2.05, 4.69) is 6.92 Å². The van der Waals surface area contributed by atoms with Crippen LogP contribution in [0.5, 0.6) is 5.75 Å². The second-order valence-electron chi connectivity index (χ2n) is 6.71. The predicted octanol–water partition coefficient (Wildman–Crippen LogP) is 5.46. The van der Waals surface area contributed by atoms with Crippen LogP contribution in [0.15, 0.2) is 36.4 Å². The number of nitrogens with zero attached hydrogens (tertiary/aromatic N) is 1. The first-order valence-electron chi connectivity index (χ1n) is 9.77. The zero-order valence-corrected chi connectivity index (χ0v) is 17.4. The number of carbonyl (C=O) groups excluding carboxylic acids is 2. The summed E-state index contributed by atoms with van der Waals surface area (Å²) in [5, 5.41) is 0. The Morgan fingerprint density at radius 3 is 2.25 bits per heavy atom. The Kier molecular flexibility index (Phi) is 7.61. The molecule has 0 saturated carbocycles. The second-order valence-corrected chi connectivity index (χ2v) is 6.71. The van der Waals surface area contributed by atoms with Crippen LogP contribution in [-0.2, 0) is 11.2 Å². The van der Waals surface area contributed by atoms with E-state index < -0.39 is 12.1 Å². The average Bonchev–Trinajstić information content (AvgIpc) is 2.66. The summed E-state index contributed by atoms with van der Waals surface area (Å²) in [5.41, 5.74) is 3.96. The van der Waals surface area contributed by atoms with Crippen molar-refractivity contribution in [1.29, 1.82) is 0 Å². The predicted molar refractivity (Wildman–Crippen MR) is 111 cm³/mol. The third-order valence-corrected chi connectivity index (χ3v) is 4.42. The quantitative estimate of drug-likeness (QED) is 0.471. The zero-order valence-electron chi connectivity index (χ0n) is 17.4. The molecule has 0 fully saturated rings. The van der Waals surface area contributed by atoms with Gasteiger partial charge in [0.15, 0.2) is 5.75 Å². The summed E-state index contributed by atoms with van der Waals surface area (Å²) in [7, 11) is 0. The number of ether oxygens (including phenoxy) is 2. The highest BCUT2D eigenvalue weighted by Gasteiger charge is 2.23. The lowest BCUT2D eigenvalue weighted by molar-refractivity contribution is 0.0733. The summed E-state index contributed by atoms with van der Waals surface area (Å²) >= 11 is 0. The molecule has 5 nitrogen and oxygen atoms in total. The van der Waals surface area contributed by atoms with Crippen LogP contribution < -0.4 is 9.64 Å². The van der Waals surface area contributed by atoms with E-state index >= 15 is 0 Å². The van der Waals surface area contributed by atoms with Crippen LogP contribution in [0.25, 0.3) is 0 Å². The Hall–Kier alpha value is -2.82. The number of rotatable bonds is 7. The molecule has 1 amide bonds. The summed E-state index contributed by atoms with van der Waals surface area (Å²) in [4.78, 5) is 26.6. The molecule has 150 valence electrons. The van der Waals surface area contributed by atoms with E-state index in [9.17, 15) is 9.59 Å². The molecule has 2 aromatic rings. The molecule has 0 radical (unpaired) electrons. The highest BCUT2D eigenvalue weighted by Crippen LogP contribution is 2.34. The normalized spacial score (nSPS) is 10.5. The summed E-state index contributed by atoms with van der Waals surface area (Å²) in [6, 6.07) is 11.2. The van der Waals surface area contributed by atoms with Gasteiger partial charge in [-0.1, -0.05) is 31.5 Å². The van der Waals surface area contributed by atoms with E-state index in [1.165, 1.54) is 10.5 Å². The minimum atomic E-state index is -0.462. The van der Waals surface area contributed by atoms with Gasteiger partial charge in [-0.05, 0) is 69.0 Å². The Morgan fingerprint density at radius 1 is 1.00 bits per heavy atom. The van der Waals surface area contributed by atoms with Crippen LogP contribution in [0.3, 0.4) is 0 Å². The molecular weight excluding hydrogens is 354 g/mol. The first kappa shape index (κ1) is 21.5. The summed E-state index contributed by atoms with van der Waals surface area (Å²) in [5.74, 6) is -0.0701. The van der Waals surface area contributed by atoms with Crippen LogP contribution in [-0.4, -0.2) is 25.2 Å². The van der Waals surface area contributed by atoms with E-state index in [0.29, 0.717) is 23.5 Å². The van der Waals surface area contributed by atoms with Crippen LogP contribution >= 0.6 is 0 Å². The maximum atomic E-state index is 12.7. The van der Waals surface area contributed by atoms with E-state index in [0.717, 1.165) is 24.0 Å². The van der Waals surface area contributed by atoms with Crippen molar-refractivity contribution in [3.8, 4) is 5.75 Å². The maximum Gasteiger partial charge on any atom is 0.414 e. The van der Waals surface area contributed by atoms with Crippen LogP contribution in [0.2, 0.25) is 0 Å². The molecule has 28 heavy (non-hydrogen) atoms. The SMILES string of the molecule is CCCc1ccc(C(=O)Oc2c(C)cc(C)cc2N(CC)C(=O)OCC)cc1. The fourth-order valence-electron chi connectivity index (χ4n) is 3.11. The van der Waals surface area contributed by atoms with Crippen molar-refractivity contribution in [2.75, 3.05) is 18.1 Å². The van der Waals surface area contributed by atoms with Crippen molar-refractivity contribution in [1.82, 2.24) is 0 Å². The Morgan fingerprint density at radius 2 is 1.68 bits per heavy atom. The monoisotopic (exact) mass is 383 g/mol. The number of hydrogen-bond acceptors (Lipinski definition) is 4. The molecule has 0 aliphatic heterocycles. The number of amides is 1. The highest BCUT2D eigenvalue weighted by molar-refractivity contribution is 5.95. The molecule has 0 N–H and O–H groups in total. The number of aryl methyl sites for hydroxylation is 3. The van der Waals surface area contributed by atoms with Crippen molar-refractivity contribution >= 4 is 17.7 Å². The Labute approximate surface area is 167 Å². The van der Waals surface area contributed by atoms with E-state index in [4.69, 9.17) is 9.47 Å². The molecule has 2 rings (SSSR count).